The van der Waals surface area contributed by atoms with Crippen molar-refractivity contribution in [2.24, 2.45) is 0 Å². The minimum absolute atomic E-state index is 0.163. The van der Waals surface area contributed by atoms with Crippen LogP contribution < -0.4 is 5.32 Å². The highest BCUT2D eigenvalue weighted by molar-refractivity contribution is 7.89. The van der Waals surface area contributed by atoms with Crippen LogP contribution in [-0.2, 0) is 37.3 Å². The number of rotatable bonds is 14. The van der Waals surface area contributed by atoms with Gasteiger partial charge in [-0.3, -0.25) is 9.59 Å². The molecule has 218 valence electrons. The van der Waals surface area contributed by atoms with E-state index in [0.717, 1.165) is 29.5 Å². The van der Waals surface area contributed by atoms with Gasteiger partial charge in [-0.15, -0.1) is 0 Å². The average molecular weight is 578 g/mol. The molecular weight excluding hydrogens is 538 g/mol. The number of hydrogen-bond acceptors (Lipinski definition) is 5. The van der Waals surface area contributed by atoms with Crippen molar-refractivity contribution in [1.82, 2.24) is 14.5 Å². The Kier molecular flexibility index (Phi) is 11.1. The maximum atomic E-state index is 13.8. The van der Waals surface area contributed by atoms with Crippen LogP contribution in [0.15, 0.2) is 89.8 Å². The fourth-order valence-electron chi connectivity index (χ4n) is 5.04. The minimum atomic E-state index is -3.49. The predicted molar refractivity (Wildman–Crippen MR) is 158 cm³/mol. The quantitative estimate of drug-likeness (QED) is 0.288. The molecule has 1 fully saturated rings. The van der Waals surface area contributed by atoms with E-state index in [1.165, 1.54) is 4.31 Å². The van der Waals surface area contributed by atoms with Gasteiger partial charge in [-0.05, 0) is 54.5 Å². The first kappa shape index (κ1) is 30.4. The molecule has 2 amide bonds. The number of methoxy groups -OCH3 is 1. The summed E-state index contributed by atoms with van der Waals surface area (Å²) >= 11 is 0. The van der Waals surface area contributed by atoms with Crippen LogP contribution in [0.3, 0.4) is 0 Å². The van der Waals surface area contributed by atoms with E-state index in [9.17, 15) is 18.0 Å². The molecule has 0 saturated carbocycles. The molecule has 0 unspecified atom stereocenters. The highest BCUT2D eigenvalue weighted by atomic mass is 32.2. The number of amides is 2. The second-order valence-electron chi connectivity index (χ2n) is 10.2. The van der Waals surface area contributed by atoms with Crippen molar-refractivity contribution < 1.29 is 22.7 Å². The monoisotopic (exact) mass is 577 g/mol. The molecule has 1 heterocycles. The zero-order valence-electron chi connectivity index (χ0n) is 23.6. The molecule has 0 aliphatic carbocycles. The lowest BCUT2D eigenvalue weighted by Gasteiger charge is -2.32. The van der Waals surface area contributed by atoms with E-state index in [0.29, 0.717) is 39.1 Å². The van der Waals surface area contributed by atoms with Crippen LogP contribution in [-0.4, -0.2) is 62.8 Å². The summed E-state index contributed by atoms with van der Waals surface area (Å²) < 4.78 is 32.4. The van der Waals surface area contributed by atoms with E-state index in [2.05, 4.69) is 5.32 Å². The van der Waals surface area contributed by atoms with Crippen LogP contribution >= 0.6 is 0 Å². The lowest BCUT2D eigenvalue weighted by Crippen LogP contribution is -2.43. The summed E-state index contributed by atoms with van der Waals surface area (Å²) in [5.41, 5.74) is 2.52. The predicted octanol–water partition coefficient (Wildman–Crippen LogP) is 4.33. The van der Waals surface area contributed by atoms with E-state index < -0.39 is 16.1 Å². The number of carbonyl (C=O) groups excluding carboxylic acids is 2. The first-order valence-electron chi connectivity index (χ1n) is 14.1. The molecule has 3 aromatic carbocycles. The van der Waals surface area contributed by atoms with Crippen molar-refractivity contribution in [2.45, 2.75) is 49.6 Å². The van der Waals surface area contributed by atoms with E-state index in [1.54, 1.807) is 36.3 Å². The van der Waals surface area contributed by atoms with Gasteiger partial charge in [0, 0.05) is 46.3 Å². The van der Waals surface area contributed by atoms with Gasteiger partial charge in [0.2, 0.25) is 21.8 Å². The topological polar surface area (TPSA) is 96.0 Å². The van der Waals surface area contributed by atoms with E-state index in [-0.39, 0.29) is 29.7 Å². The molecule has 1 aliphatic heterocycles. The maximum absolute atomic E-state index is 13.8. The molecule has 9 heteroatoms. The van der Waals surface area contributed by atoms with Crippen molar-refractivity contribution in [2.75, 3.05) is 33.4 Å². The van der Waals surface area contributed by atoms with Gasteiger partial charge in [0.25, 0.3) is 0 Å². The smallest absolute Gasteiger partial charge is 0.247 e. The molecule has 0 spiro atoms. The SMILES string of the molecule is COCCCNC(=O)[C@H](c1ccccc1)N(Cc1ccccc1)C(=O)CCc1ccc(S(=O)(=O)N2CCCC2)cc1. The molecule has 4 rings (SSSR count). The normalized spacial score (nSPS) is 14.5. The van der Waals surface area contributed by atoms with Gasteiger partial charge in [0.1, 0.15) is 6.04 Å². The summed E-state index contributed by atoms with van der Waals surface area (Å²) in [5, 5.41) is 2.98. The van der Waals surface area contributed by atoms with Crippen molar-refractivity contribution in [1.29, 1.82) is 0 Å². The van der Waals surface area contributed by atoms with Crippen molar-refractivity contribution in [3.05, 3.63) is 102 Å². The number of hydrogen-bond donors (Lipinski definition) is 1. The third-order valence-electron chi connectivity index (χ3n) is 7.27. The van der Waals surface area contributed by atoms with Crippen LogP contribution in [0.5, 0.6) is 0 Å². The molecule has 0 aromatic heterocycles. The van der Waals surface area contributed by atoms with Crippen LogP contribution in [0, 0.1) is 0 Å². The molecule has 1 N–H and O–H groups in total. The van der Waals surface area contributed by atoms with Gasteiger partial charge < -0.3 is 15.0 Å². The lowest BCUT2D eigenvalue weighted by atomic mass is 10.0. The zero-order chi connectivity index (χ0) is 29.1. The summed E-state index contributed by atoms with van der Waals surface area (Å²) in [6.45, 7) is 2.35. The summed E-state index contributed by atoms with van der Waals surface area (Å²) in [5.74, 6) is -0.406. The van der Waals surface area contributed by atoms with Gasteiger partial charge in [-0.2, -0.15) is 4.31 Å². The van der Waals surface area contributed by atoms with E-state index in [1.807, 2.05) is 60.7 Å². The number of aryl methyl sites for hydroxylation is 1. The molecule has 8 nitrogen and oxygen atoms in total. The Labute approximate surface area is 243 Å². The van der Waals surface area contributed by atoms with Gasteiger partial charge in [-0.25, -0.2) is 8.42 Å². The van der Waals surface area contributed by atoms with Crippen molar-refractivity contribution >= 4 is 21.8 Å². The second-order valence-corrected chi connectivity index (χ2v) is 12.2. The van der Waals surface area contributed by atoms with E-state index >= 15 is 0 Å². The Balaban J connectivity index is 1.53. The Morgan fingerprint density at radius 1 is 0.902 bits per heavy atom. The number of benzene rings is 3. The maximum Gasteiger partial charge on any atom is 0.247 e. The summed E-state index contributed by atoms with van der Waals surface area (Å²) in [6.07, 6.45) is 3.03. The fourth-order valence-corrected chi connectivity index (χ4v) is 6.55. The van der Waals surface area contributed by atoms with Gasteiger partial charge in [0.05, 0.1) is 4.90 Å². The summed E-state index contributed by atoms with van der Waals surface area (Å²) in [7, 11) is -1.87. The van der Waals surface area contributed by atoms with E-state index in [4.69, 9.17) is 4.74 Å². The molecule has 1 saturated heterocycles. The highest BCUT2D eigenvalue weighted by Gasteiger charge is 2.31. The van der Waals surface area contributed by atoms with Crippen molar-refractivity contribution in [3.63, 3.8) is 0 Å². The Morgan fingerprint density at radius 3 is 2.17 bits per heavy atom. The number of ether oxygens (including phenoxy) is 1. The van der Waals surface area contributed by atoms with Gasteiger partial charge in [0.15, 0.2) is 0 Å². The standard InChI is InChI=1S/C32H39N3O5S/c1-40-24-10-21-33-32(37)31(28-13-6-3-7-14-28)35(25-27-11-4-2-5-12-27)30(36)20-17-26-15-18-29(19-16-26)41(38,39)34-22-8-9-23-34/h2-7,11-16,18-19,31H,8-10,17,20-25H2,1H3,(H,33,37)/t31-/m0/s1. The molecule has 0 radical (unpaired) electrons. The molecule has 3 aromatic rings. The number of nitrogens with zero attached hydrogens (tertiary/aromatic N) is 2. The average Bonchev–Trinajstić information content (AvgIpc) is 3.55. The first-order chi connectivity index (χ1) is 19.9. The largest absolute Gasteiger partial charge is 0.385 e. The molecule has 0 bridgehead atoms. The number of sulfonamides is 1. The minimum Gasteiger partial charge on any atom is -0.385 e. The summed E-state index contributed by atoms with van der Waals surface area (Å²) in [4.78, 5) is 29.3. The van der Waals surface area contributed by atoms with Crippen LogP contribution in [0.1, 0.15) is 48.4 Å². The molecule has 1 atom stereocenters. The Hall–Kier alpha value is -3.53. The van der Waals surface area contributed by atoms with Crippen LogP contribution in [0.25, 0.3) is 0 Å². The molecule has 41 heavy (non-hydrogen) atoms. The summed E-state index contributed by atoms with van der Waals surface area (Å²) in [6, 6.07) is 25.0. The van der Waals surface area contributed by atoms with Crippen LogP contribution in [0.4, 0.5) is 0 Å². The lowest BCUT2D eigenvalue weighted by molar-refractivity contribution is -0.141. The second kappa shape index (κ2) is 14.9. The molecular formula is C32H39N3O5S. The third kappa shape index (κ3) is 8.25. The Morgan fingerprint density at radius 2 is 1.54 bits per heavy atom. The Bertz CT molecular complexity index is 1360. The van der Waals surface area contributed by atoms with Crippen molar-refractivity contribution in [3.8, 4) is 0 Å². The van der Waals surface area contributed by atoms with Gasteiger partial charge in [-0.1, -0.05) is 72.8 Å². The fraction of sp³-hybridized carbons (Fsp3) is 0.375. The molecule has 1 aliphatic rings. The number of carbonyl (C=O) groups is 2. The van der Waals surface area contributed by atoms with Crippen LogP contribution in [0.2, 0.25) is 0 Å². The highest BCUT2D eigenvalue weighted by Crippen LogP contribution is 2.26. The first-order valence-corrected chi connectivity index (χ1v) is 15.6. The van der Waals surface area contributed by atoms with Gasteiger partial charge >= 0.3 is 0 Å². The number of nitrogens with one attached hydrogen (secondary N) is 1. The zero-order valence-corrected chi connectivity index (χ0v) is 24.4. The third-order valence-corrected chi connectivity index (χ3v) is 9.18.